The summed E-state index contributed by atoms with van der Waals surface area (Å²) in [7, 11) is 0. The van der Waals surface area contributed by atoms with Crippen molar-refractivity contribution in [1.29, 1.82) is 0 Å². The fourth-order valence-electron chi connectivity index (χ4n) is 2.30. The molecule has 0 saturated heterocycles. The molecular formula is C17H23NO. The van der Waals surface area contributed by atoms with E-state index in [-0.39, 0.29) is 0 Å². The summed E-state index contributed by atoms with van der Waals surface area (Å²) >= 11 is 0. The number of aryl methyl sites for hydroxylation is 1. The minimum atomic E-state index is 0.380. The Morgan fingerprint density at radius 1 is 1.11 bits per heavy atom. The lowest BCUT2D eigenvalue weighted by Crippen LogP contribution is -2.22. The molecule has 0 fully saturated rings. The van der Waals surface area contributed by atoms with E-state index in [9.17, 15) is 0 Å². The molecule has 1 heterocycles. The topological polar surface area (TPSA) is 25.2 Å². The zero-order valence-electron chi connectivity index (χ0n) is 12.0. The van der Waals surface area contributed by atoms with Gasteiger partial charge in [0.15, 0.2) is 0 Å². The van der Waals surface area contributed by atoms with E-state index >= 15 is 0 Å². The van der Waals surface area contributed by atoms with Crippen molar-refractivity contribution in [3.05, 3.63) is 59.5 Å². The zero-order chi connectivity index (χ0) is 13.7. The highest BCUT2D eigenvalue weighted by Gasteiger charge is 2.13. The summed E-state index contributed by atoms with van der Waals surface area (Å²) in [6, 6.07) is 13.0. The Bertz CT molecular complexity index is 487. The van der Waals surface area contributed by atoms with Crippen molar-refractivity contribution in [3.8, 4) is 0 Å². The molecule has 0 amide bonds. The van der Waals surface area contributed by atoms with E-state index in [0.717, 1.165) is 18.7 Å². The second kappa shape index (κ2) is 6.58. The first-order valence-electron chi connectivity index (χ1n) is 6.98. The summed E-state index contributed by atoms with van der Waals surface area (Å²) in [5.41, 5.74) is 2.56. The standard InChI is InChI=1S/C17H23NO/c1-13(2)11-16(15-7-5-4-6-8-15)18-12-17-14(3)9-10-19-17/h4-10,13,16,18H,11-12H2,1-3H3. The predicted molar refractivity (Wildman–Crippen MR) is 78.9 cm³/mol. The molecule has 19 heavy (non-hydrogen) atoms. The van der Waals surface area contributed by atoms with Gasteiger partial charge in [-0.25, -0.2) is 0 Å². The Morgan fingerprint density at radius 3 is 2.42 bits per heavy atom. The van der Waals surface area contributed by atoms with E-state index in [1.807, 2.05) is 6.07 Å². The lowest BCUT2D eigenvalue weighted by Gasteiger charge is -2.21. The van der Waals surface area contributed by atoms with Gasteiger partial charge in [0.2, 0.25) is 0 Å². The molecule has 1 aromatic carbocycles. The Labute approximate surface area is 115 Å². The molecule has 2 heteroatoms. The van der Waals surface area contributed by atoms with Crippen LogP contribution in [0.1, 0.15) is 43.2 Å². The number of nitrogens with one attached hydrogen (secondary N) is 1. The number of hydrogen-bond donors (Lipinski definition) is 1. The number of hydrogen-bond acceptors (Lipinski definition) is 2. The van der Waals surface area contributed by atoms with Gasteiger partial charge in [-0.15, -0.1) is 0 Å². The van der Waals surface area contributed by atoms with Crippen LogP contribution in [0.4, 0.5) is 0 Å². The molecule has 0 spiro atoms. The van der Waals surface area contributed by atoms with Gasteiger partial charge in [-0.2, -0.15) is 0 Å². The molecular weight excluding hydrogens is 234 g/mol. The maximum absolute atomic E-state index is 5.49. The average Bonchev–Trinajstić information content (AvgIpc) is 2.81. The first-order valence-corrected chi connectivity index (χ1v) is 6.98. The van der Waals surface area contributed by atoms with Gasteiger partial charge < -0.3 is 9.73 Å². The molecule has 2 aromatic rings. The number of rotatable bonds is 6. The maximum Gasteiger partial charge on any atom is 0.120 e. The third-order valence-electron chi connectivity index (χ3n) is 3.39. The number of furan rings is 1. The maximum atomic E-state index is 5.49. The van der Waals surface area contributed by atoms with Gasteiger partial charge in [0.25, 0.3) is 0 Å². The van der Waals surface area contributed by atoms with Crippen molar-refractivity contribution in [2.75, 3.05) is 0 Å². The average molecular weight is 257 g/mol. The van der Waals surface area contributed by atoms with E-state index < -0.39 is 0 Å². The molecule has 1 atom stereocenters. The van der Waals surface area contributed by atoms with Gasteiger partial charge in [-0.3, -0.25) is 0 Å². The van der Waals surface area contributed by atoms with E-state index in [4.69, 9.17) is 4.42 Å². The van der Waals surface area contributed by atoms with Crippen LogP contribution in [-0.4, -0.2) is 0 Å². The highest BCUT2D eigenvalue weighted by atomic mass is 16.3. The van der Waals surface area contributed by atoms with Gasteiger partial charge >= 0.3 is 0 Å². The van der Waals surface area contributed by atoms with Gasteiger partial charge in [0.05, 0.1) is 12.8 Å². The Kier molecular flexibility index (Phi) is 4.80. The second-order valence-electron chi connectivity index (χ2n) is 5.50. The van der Waals surface area contributed by atoms with Crippen molar-refractivity contribution in [2.24, 2.45) is 5.92 Å². The summed E-state index contributed by atoms with van der Waals surface area (Å²) in [6.45, 7) is 7.39. The molecule has 102 valence electrons. The summed E-state index contributed by atoms with van der Waals surface area (Å²) in [5, 5.41) is 3.62. The van der Waals surface area contributed by atoms with Crippen LogP contribution in [0.5, 0.6) is 0 Å². The highest BCUT2D eigenvalue weighted by Crippen LogP contribution is 2.22. The van der Waals surface area contributed by atoms with Crippen LogP contribution in [0.25, 0.3) is 0 Å². The van der Waals surface area contributed by atoms with Crippen LogP contribution in [0.3, 0.4) is 0 Å². The van der Waals surface area contributed by atoms with Crippen LogP contribution in [-0.2, 0) is 6.54 Å². The normalized spacial score (nSPS) is 12.8. The minimum absolute atomic E-state index is 0.380. The van der Waals surface area contributed by atoms with Crippen molar-refractivity contribution in [1.82, 2.24) is 5.32 Å². The largest absolute Gasteiger partial charge is 0.468 e. The van der Waals surface area contributed by atoms with E-state index in [0.29, 0.717) is 12.0 Å². The summed E-state index contributed by atoms with van der Waals surface area (Å²) < 4.78 is 5.49. The molecule has 0 bridgehead atoms. The van der Waals surface area contributed by atoms with Crippen molar-refractivity contribution in [2.45, 2.75) is 39.8 Å². The fraction of sp³-hybridized carbons (Fsp3) is 0.412. The molecule has 0 radical (unpaired) electrons. The Hall–Kier alpha value is -1.54. The molecule has 0 aliphatic heterocycles. The SMILES string of the molecule is Cc1ccoc1CNC(CC(C)C)c1ccccc1. The van der Waals surface area contributed by atoms with E-state index in [1.54, 1.807) is 6.26 Å². The molecule has 2 nitrogen and oxygen atoms in total. The van der Waals surface area contributed by atoms with Crippen LogP contribution in [0, 0.1) is 12.8 Å². The highest BCUT2D eigenvalue weighted by molar-refractivity contribution is 5.20. The molecule has 2 rings (SSSR count). The van der Waals surface area contributed by atoms with Crippen molar-refractivity contribution < 1.29 is 4.42 Å². The first kappa shape index (κ1) is 13.9. The first-order chi connectivity index (χ1) is 9.16. The Balaban J connectivity index is 2.04. The molecule has 0 aliphatic rings. The minimum Gasteiger partial charge on any atom is -0.468 e. The van der Waals surface area contributed by atoms with Gasteiger partial charge in [-0.1, -0.05) is 44.2 Å². The van der Waals surface area contributed by atoms with Crippen molar-refractivity contribution >= 4 is 0 Å². The number of benzene rings is 1. The molecule has 0 aliphatic carbocycles. The van der Waals surface area contributed by atoms with Gasteiger partial charge in [-0.05, 0) is 36.5 Å². The molecule has 1 unspecified atom stereocenters. The lowest BCUT2D eigenvalue weighted by molar-refractivity contribution is 0.399. The monoisotopic (exact) mass is 257 g/mol. The fourth-order valence-corrected chi connectivity index (χ4v) is 2.30. The van der Waals surface area contributed by atoms with Crippen LogP contribution in [0.15, 0.2) is 47.1 Å². The molecule has 1 N–H and O–H groups in total. The van der Waals surface area contributed by atoms with Crippen LogP contribution in [0.2, 0.25) is 0 Å². The quantitative estimate of drug-likeness (QED) is 0.826. The lowest BCUT2D eigenvalue weighted by atomic mass is 9.97. The second-order valence-corrected chi connectivity index (χ2v) is 5.50. The Morgan fingerprint density at radius 2 is 1.84 bits per heavy atom. The summed E-state index contributed by atoms with van der Waals surface area (Å²) in [5.74, 6) is 1.69. The van der Waals surface area contributed by atoms with E-state index in [2.05, 4.69) is 56.4 Å². The van der Waals surface area contributed by atoms with Crippen LogP contribution < -0.4 is 5.32 Å². The molecule has 0 saturated carbocycles. The summed E-state index contributed by atoms with van der Waals surface area (Å²) in [4.78, 5) is 0. The van der Waals surface area contributed by atoms with Crippen LogP contribution >= 0.6 is 0 Å². The van der Waals surface area contributed by atoms with Gasteiger partial charge in [0, 0.05) is 6.04 Å². The van der Waals surface area contributed by atoms with E-state index in [1.165, 1.54) is 11.1 Å². The third kappa shape index (κ3) is 3.97. The predicted octanol–water partition coefficient (Wildman–Crippen LogP) is 4.47. The third-order valence-corrected chi connectivity index (χ3v) is 3.39. The molecule has 1 aromatic heterocycles. The van der Waals surface area contributed by atoms with Crippen molar-refractivity contribution in [3.63, 3.8) is 0 Å². The zero-order valence-corrected chi connectivity index (χ0v) is 12.0. The smallest absolute Gasteiger partial charge is 0.120 e. The summed E-state index contributed by atoms with van der Waals surface area (Å²) in [6.07, 6.45) is 2.89. The van der Waals surface area contributed by atoms with Gasteiger partial charge in [0.1, 0.15) is 5.76 Å².